The van der Waals surface area contributed by atoms with E-state index in [-0.39, 0.29) is 5.92 Å². The van der Waals surface area contributed by atoms with E-state index in [0.717, 1.165) is 40.7 Å². The summed E-state index contributed by atoms with van der Waals surface area (Å²) in [4.78, 5) is 14.9. The molecule has 1 unspecified atom stereocenters. The van der Waals surface area contributed by atoms with Crippen molar-refractivity contribution in [3.05, 3.63) is 228 Å². The molecule has 9 rings (SSSR count). The number of aromatic nitrogens is 3. The van der Waals surface area contributed by atoms with Gasteiger partial charge >= 0.3 is 0 Å². The van der Waals surface area contributed by atoms with Crippen LogP contribution in [0.3, 0.4) is 0 Å². The van der Waals surface area contributed by atoms with E-state index < -0.39 is 0 Å². The van der Waals surface area contributed by atoms with Crippen molar-refractivity contribution in [2.75, 3.05) is 0 Å². The van der Waals surface area contributed by atoms with Gasteiger partial charge in [-0.1, -0.05) is 200 Å². The minimum atomic E-state index is 0.263. The topological polar surface area (TPSA) is 38.7 Å². The molecule has 0 saturated carbocycles. The number of rotatable bonds is 10. The van der Waals surface area contributed by atoms with Gasteiger partial charge in [-0.2, -0.15) is 0 Å². The summed E-state index contributed by atoms with van der Waals surface area (Å²) in [7, 11) is 0. The molecule has 0 N–H and O–H groups in total. The van der Waals surface area contributed by atoms with Crippen molar-refractivity contribution in [3.8, 4) is 11.4 Å². The molecule has 7 aromatic carbocycles. The van der Waals surface area contributed by atoms with Crippen LogP contribution in [0, 0.1) is 0 Å². The summed E-state index contributed by atoms with van der Waals surface area (Å²) < 4.78 is 0. The van der Waals surface area contributed by atoms with Crippen LogP contribution in [-0.4, -0.2) is 15.0 Å². The Balaban J connectivity index is 1.05. The molecular formula is C56H45N3. The van der Waals surface area contributed by atoms with E-state index >= 15 is 0 Å². The van der Waals surface area contributed by atoms with Crippen LogP contribution >= 0.6 is 0 Å². The van der Waals surface area contributed by atoms with Crippen molar-refractivity contribution in [1.29, 1.82) is 0 Å². The van der Waals surface area contributed by atoms with Crippen molar-refractivity contribution in [3.63, 3.8) is 0 Å². The number of hydrogen-bond donors (Lipinski definition) is 0. The summed E-state index contributed by atoms with van der Waals surface area (Å²) in [5.74, 6) is 2.17. The second-order valence-electron chi connectivity index (χ2n) is 15.1. The third-order valence-corrected chi connectivity index (χ3v) is 11.5. The van der Waals surface area contributed by atoms with E-state index in [1.807, 2.05) is 73.7 Å². The standard InChI is InChI=1S/C56H45N3/c1-4-40(32-31-38(2)41-20-7-5-8-21-41)55-57-54(58-56(59-55)43-23-9-6-10-24-43)39(3)19-11-13-26-47-45-25-14-12-22-42(45)33-35-46(47)44-34-36-52-50-29-16-15-27-48(50)49-28-17-18-30-51(49)53(52)37-44/h4-25,27-34,36-37,46H,2,26,35H2,1,3H3/b13-11-,32-31-,39-19+,40-4+. The highest BCUT2D eigenvalue weighted by molar-refractivity contribution is 6.25. The summed E-state index contributed by atoms with van der Waals surface area (Å²) in [6.07, 6.45) is 16.9. The van der Waals surface area contributed by atoms with Gasteiger partial charge in [0.2, 0.25) is 0 Å². The van der Waals surface area contributed by atoms with Gasteiger partial charge in [0.1, 0.15) is 0 Å². The lowest BCUT2D eigenvalue weighted by molar-refractivity contribution is 0.869. The highest BCUT2D eigenvalue weighted by atomic mass is 15.0. The molecule has 3 heteroatoms. The summed E-state index contributed by atoms with van der Waals surface area (Å²) in [5, 5.41) is 10.5. The lowest BCUT2D eigenvalue weighted by Gasteiger charge is -2.23. The van der Waals surface area contributed by atoms with Crippen molar-refractivity contribution in [2.24, 2.45) is 0 Å². The van der Waals surface area contributed by atoms with Crippen molar-refractivity contribution < 1.29 is 0 Å². The average molecular weight is 760 g/mol. The van der Waals surface area contributed by atoms with Gasteiger partial charge in [-0.25, -0.2) is 15.0 Å². The van der Waals surface area contributed by atoms with Gasteiger partial charge < -0.3 is 0 Å². The molecule has 284 valence electrons. The predicted octanol–water partition coefficient (Wildman–Crippen LogP) is 12.8. The molecule has 1 aromatic heterocycles. The van der Waals surface area contributed by atoms with Crippen LogP contribution < -0.4 is 10.4 Å². The van der Waals surface area contributed by atoms with Gasteiger partial charge in [-0.15, -0.1) is 0 Å². The molecule has 1 atom stereocenters. The van der Waals surface area contributed by atoms with Crippen LogP contribution in [0.15, 0.2) is 195 Å². The molecule has 0 radical (unpaired) electrons. The third-order valence-electron chi connectivity index (χ3n) is 11.5. The fourth-order valence-corrected chi connectivity index (χ4v) is 8.39. The molecule has 3 nitrogen and oxygen atoms in total. The van der Waals surface area contributed by atoms with Crippen molar-refractivity contribution in [2.45, 2.75) is 32.6 Å². The van der Waals surface area contributed by atoms with Crippen LogP contribution in [-0.2, 0) is 0 Å². The number of allylic oxidation sites excluding steroid dienone is 9. The van der Waals surface area contributed by atoms with E-state index in [2.05, 4.69) is 141 Å². The lowest BCUT2D eigenvalue weighted by atomic mass is 9.80. The molecule has 0 saturated heterocycles. The SMILES string of the molecule is C=C(/C=C\C(=C/C)c1nc(/C(C)=C/C=C\CC2=c3ccccc3=CCC2c2ccc3c4ccccc4c4ccccc4c3c2)nc(-c2ccccc2)n1)c1ccccc1. The highest BCUT2D eigenvalue weighted by Gasteiger charge is 2.20. The molecular weight excluding hydrogens is 715 g/mol. The molecule has 0 bridgehead atoms. The van der Waals surface area contributed by atoms with E-state index in [1.165, 1.54) is 53.9 Å². The molecule has 0 spiro atoms. The Morgan fingerprint density at radius 3 is 1.97 bits per heavy atom. The Hall–Kier alpha value is -7.23. The van der Waals surface area contributed by atoms with Crippen LogP contribution in [0.4, 0.5) is 0 Å². The Bertz CT molecular complexity index is 3100. The third kappa shape index (κ3) is 7.63. The predicted molar refractivity (Wildman–Crippen MR) is 251 cm³/mol. The first-order valence-corrected chi connectivity index (χ1v) is 20.4. The monoisotopic (exact) mass is 759 g/mol. The normalized spacial score (nSPS) is 14.7. The van der Waals surface area contributed by atoms with E-state index in [1.54, 1.807) is 0 Å². The maximum absolute atomic E-state index is 5.01. The Labute approximate surface area is 346 Å². The smallest absolute Gasteiger partial charge is 0.164 e. The van der Waals surface area contributed by atoms with Gasteiger partial charge in [0.15, 0.2) is 17.5 Å². The molecule has 1 heterocycles. The lowest BCUT2D eigenvalue weighted by Crippen LogP contribution is -2.31. The van der Waals surface area contributed by atoms with Gasteiger partial charge in [-0.3, -0.25) is 0 Å². The summed E-state index contributed by atoms with van der Waals surface area (Å²) >= 11 is 0. The second kappa shape index (κ2) is 16.7. The zero-order valence-electron chi connectivity index (χ0n) is 33.5. The van der Waals surface area contributed by atoms with E-state index in [9.17, 15) is 0 Å². The maximum atomic E-state index is 5.01. The summed E-state index contributed by atoms with van der Waals surface area (Å²) in [6.45, 7) is 8.38. The average Bonchev–Trinajstić information content (AvgIpc) is 3.30. The minimum absolute atomic E-state index is 0.263. The molecule has 59 heavy (non-hydrogen) atoms. The fraction of sp³-hybridized carbons (Fsp3) is 0.0893. The highest BCUT2D eigenvalue weighted by Crippen LogP contribution is 2.39. The Kier molecular flexibility index (Phi) is 10.6. The Morgan fingerprint density at radius 1 is 0.644 bits per heavy atom. The Morgan fingerprint density at radius 2 is 1.25 bits per heavy atom. The minimum Gasteiger partial charge on any atom is -0.209 e. The number of benzene rings is 7. The fourth-order valence-electron chi connectivity index (χ4n) is 8.39. The zero-order valence-corrected chi connectivity index (χ0v) is 33.5. The first kappa shape index (κ1) is 37.4. The number of hydrogen-bond acceptors (Lipinski definition) is 3. The molecule has 0 aliphatic heterocycles. The van der Waals surface area contributed by atoms with Crippen LogP contribution in [0.25, 0.3) is 72.1 Å². The molecule has 1 aliphatic carbocycles. The quantitative estimate of drug-likeness (QED) is 0.103. The molecule has 8 aromatic rings. The molecule has 1 aliphatic rings. The van der Waals surface area contributed by atoms with Crippen LogP contribution in [0.5, 0.6) is 0 Å². The molecule has 0 amide bonds. The largest absolute Gasteiger partial charge is 0.209 e. The second-order valence-corrected chi connectivity index (χ2v) is 15.1. The molecule has 0 fully saturated rings. The van der Waals surface area contributed by atoms with Gasteiger partial charge in [0, 0.05) is 17.1 Å². The van der Waals surface area contributed by atoms with Crippen molar-refractivity contribution in [1.82, 2.24) is 15.0 Å². The van der Waals surface area contributed by atoms with E-state index in [4.69, 9.17) is 15.0 Å². The maximum Gasteiger partial charge on any atom is 0.164 e. The van der Waals surface area contributed by atoms with Gasteiger partial charge in [0.05, 0.1) is 0 Å². The van der Waals surface area contributed by atoms with Crippen LogP contribution in [0.1, 0.15) is 55.4 Å². The van der Waals surface area contributed by atoms with E-state index in [0.29, 0.717) is 17.5 Å². The van der Waals surface area contributed by atoms with Gasteiger partial charge in [0.25, 0.3) is 0 Å². The first-order chi connectivity index (χ1) is 29.1. The van der Waals surface area contributed by atoms with Crippen molar-refractivity contribution >= 4 is 60.7 Å². The summed E-state index contributed by atoms with van der Waals surface area (Å²) in [6, 6.07) is 53.9. The summed E-state index contributed by atoms with van der Waals surface area (Å²) in [5.41, 5.74) is 7.59. The van der Waals surface area contributed by atoms with Crippen LogP contribution in [0.2, 0.25) is 0 Å². The first-order valence-electron chi connectivity index (χ1n) is 20.4. The van der Waals surface area contributed by atoms with Gasteiger partial charge in [-0.05, 0) is 97.8 Å². The zero-order chi connectivity index (χ0) is 40.1. The number of nitrogens with zero attached hydrogens (tertiary/aromatic N) is 3. The number of fused-ring (bicyclic) bond motifs is 7.